The number of benzene rings is 1. The molecule has 2 aromatic rings. The maximum Gasteiger partial charge on any atom is 0.273 e. The number of halogens is 1. The summed E-state index contributed by atoms with van der Waals surface area (Å²) in [6.07, 6.45) is 0. The molecule has 6 nitrogen and oxygen atoms in total. The Morgan fingerprint density at radius 3 is 2.42 bits per heavy atom. The zero-order valence-electron chi connectivity index (χ0n) is 14.5. The van der Waals surface area contributed by atoms with Gasteiger partial charge in [-0.2, -0.15) is 5.10 Å². The number of amides is 1. The van der Waals surface area contributed by atoms with Gasteiger partial charge in [0.2, 0.25) is 0 Å². The first-order valence-electron chi connectivity index (χ1n) is 7.60. The number of aryl methyl sites for hydroxylation is 1. The molecule has 1 amide bonds. The van der Waals surface area contributed by atoms with Gasteiger partial charge in [0.25, 0.3) is 5.91 Å². The maximum atomic E-state index is 12.4. The number of carbonyl (C=O) groups excluding carboxylic acids is 1. The van der Waals surface area contributed by atoms with E-state index in [4.69, 9.17) is 10.5 Å². The maximum absolute atomic E-state index is 12.4. The van der Waals surface area contributed by atoms with Crippen molar-refractivity contribution in [1.82, 2.24) is 9.78 Å². The minimum Gasteiger partial charge on any atom is -0.492 e. The number of nitrogens with zero attached hydrogens (tertiary/aromatic N) is 2. The second-order valence-electron chi connectivity index (χ2n) is 6.40. The highest BCUT2D eigenvalue weighted by Gasteiger charge is 2.21. The van der Waals surface area contributed by atoms with Crippen LogP contribution < -0.4 is 15.8 Å². The molecule has 0 aliphatic heterocycles. The highest BCUT2D eigenvalue weighted by Crippen LogP contribution is 2.22. The van der Waals surface area contributed by atoms with Crippen molar-refractivity contribution in [2.45, 2.75) is 26.2 Å². The highest BCUT2D eigenvalue weighted by molar-refractivity contribution is 6.03. The molecule has 0 saturated carbocycles. The molecule has 0 saturated heterocycles. The van der Waals surface area contributed by atoms with E-state index in [9.17, 15) is 4.79 Å². The summed E-state index contributed by atoms with van der Waals surface area (Å²) in [7, 11) is 1.77. The van der Waals surface area contributed by atoms with Gasteiger partial charge in [0, 0.05) is 24.7 Å². The number of aromatic nitrogens is 2. The molecule has 0 bridgehead atoms. The van der Waals surface area contributed by atoms with Gasteiger partial charge in [0.05, 0.1) is 5.69 Å². The molecule has 2 rings (SSSR count). The molecule has 0 atom stereocenters. The molecule has 1 heterocycles. The first kappa shape index (κ1) is 20.0. The number of hydrogen-bond acceptors (Lipinski definition) is 4. The van der Waals surface area contributed by atoms with Crippen molar-refractivity contribution in [1.29, 1.82) is 0 Å². The Morgan fingerprint density at radius 2 is 1.92 bits per heavy atom. The largest absolute Gasteiger partial charge is 0.492 e. The SMILES string of the molecule is Cl.Cn1nc(C(C)(C)C)cc1C(=O)Nc1ccc(OCCN)cc1. The van der Waals surface area contributed by atoms with E-state index in [2.05, 4.69) is 31.2 Å². The predicted octanol–water partition coefficient (Wildman–Crippen LogP) is 2.73. The lowest BCUT2D eigenvalue weighted by molar-refractivity contribution is 0.101. The molecule has 3 N–H and O–H groups in total. The van der Waals surface area contributed by atoms with Crippen molar-refractivity contribution in [2.24, 2.45) is 12.8 Å². The fourth-order valence-corrected chi connectivity index (χ4v) is 2.05. The first-order valence-corrected chi connectivity index (χ1v) is 7.60. The Kier molecular flexibility index (Phi) is 6.81. The molecule has 132 valence electrons. The molecule has 24 heavy (non-hydrogen) atoms. The van der Waals surface area contributed by atoms with Crippen LogP contribution in [0.15, 0.2) is 30.3 Å². The molecule has 0 unspecified atom stereocenters. The third-order valence-electron chi connectivity index (χ3n) is 3.38. The number of rotatable bonds is 5. The van der Waals surface area contributed by atoms with Gasteiger partial charge in [-0.3, -0.25) is 9.48 Å². The van der Waals surface area contributed by atoms with E-state index < -0.39 is 0 Å². The standard InChI is InChI=1S/C17H24N4O2.ClH/c1-17(2,3)15-11-14(21(4)20-15)16(22)19-12-5-7-13(8-6-12)23-10-9-18;/h5-8,11H,9-10,18H2,1-4H3,(H,19,22);1H. The molecule has 7 heteroatoms. The van der Waals surface area contributed by atoms with Crippen LogP contribution in [0.1, 0.15) is 37.0 Å². The van der Waals surface area contributed by atoms with Crippen LogP contribution in [0.4, 0.5) is 5.69 Å². The Labute approximate surface area is 148 Å². The minimum absolute atomic E-state index is 0. The van der Waals surface area contributed by atoms with Crippen LogP contribution in [-0.2, 0) is 12.5 Å². The fraction of sp³-hybridized carbons (Fsp3) is 0.412. The van der Waals surface area contributed by atoms with Crippen LogP contribution in [0.2, 0.25) is 0 Å². The van der Waals surface area contributed by atoms with Crippen LogP contribution >= 0.6 is 12.4 Å². The minimum atomic E-state index is -0.189. The third-order valence-corrected chi connectivity index (χ3v) is 3.38. The number of carbonyl (C=O) groups is 1. The Bertz CT molecular complexity index is 675. The third kappa shape index (κ3) is 4.97. The quantitative estimate of drug-likeness (QED) is 0.866. The first-order chi connectivity index (χ1) is 10.8. The normalized spacial score (nSPS) is 10.9. The van der Waals surface area contributed by atoms with E-state index in [1.807, 2.05) is 6.07 Å². The Balaban J connectivity index is 0.00000288. The van der Waals surface area contributed by atoms with Crippen LogP contribution in [0.25, 0.3) is 0 Å². The molecule has 1 aromatic carbocycles. The summed E-state index contributed by atoms with van der Waals surface area (Å²) in [6, 6.07) is 9.02. The molecule has 0 fully saturated rings. The molecule has 0 radical (unpaired) electrons. The van der Waals surface area contributed by atoms with Crippen LogP contribution in [0, 0.1) is 0 Å². The van der Waals surface area contributed by atoms with Crippen molar-refractivity contribution in [2.75, 3.05) is 18.5 Å². The van der Waals surface area contributed by atoms with Crippen molar-refractivity contribution >= 4 is 24.0 Å². The van der Waals surface area contributed by atoms with Crippen LogP contribution in [0.5, 0.6) is 5.75 Å². The smallest absolute Gasteiger partial charge is 0.273 e. The van der Waals surface area contributed by atoms with Gasteiger partial charge in [0.1, 0.15) is 18.1 Å². The fourth-order valence-electron chi connectivity index (χ4n) is 2.05. The lowest BCUT2D eigenvalue weighted by Crippen LogP contribution is -2.16. The number of hydrogen-bond donors (Lipinski definition) is 2. The van der Waals surface area contributed by atoms with Gasteiger partial charge < -0.3 is 15.8 Å². The van der Waals surface area contributed by atoms with E-state index in [0.717, 1.165) is 11.4 Å². The van der Waals surface area contributed by atoms with Gasteiger partial charge in [0.15, 0.2) is 0 Å². The zero-order chi connectivity index (χ0) is 17.0. The van der Waals surface area contributed by atoms with Gasteiger partial charge in [-0.15, -0.1) is 12.4 Å². The number of nitrogens with two attached hydrogens (primary N) is 1. The second kappa shape index (κ2) is 8.17. The summed E-state index contributed by atoms with van der Waals surface area (Å²) in [5.41, 5.74) is 7.41. The lowest BCUT2D eigenvalue weighted by Gasteiger charge is -2.13. The number of ether oxygens (including phenoxy) is 1. The molecular weight excluding hydrogens is 328 g/mol. The lowest BCUT2D eigenvalue weighted by atomic mass is 9.92. The summed E-state index contributed by atoms with van der Waals surface area (Å²) >= 11 is 0. The van der Waals surface area contributed by atoms with Crippen molar-refractivity contribution in [3.8, 4) is 5.75 Å². The van der Waals surface area contributed by atoms with E-state index >= 15 is 0 Å². The van der Waals surface area contributed by atoms with Gasteiger partial charge >= 0.3 is 0 Å². The van der Waals surface area contributed by atoms with E-state index in [-0.39, 0.29) is 23.7 Å². The summed E-state index contributed by atoms with van der Waals surface area (Å²) in [5.74, 6) is 0.537. The Morgan fingerprint density at radius 1 is 1.29 bits per heavy atom. The van der Waals surface area contributed by atoms with Crippen molar-refractivity contribution in [3.05, 3.63) is 41.7 Å². The average Bonchev–Trinajstić information content (AvgIpc) is 2.89. The molecular formula is C17H25ClN4O2. The second-order valence-corrected chi connectivity index (χ2v) is 6.40. The van der Waals surface area contributed by atoms with Gasteiger partial charge in [-0.1, -0.05) is 20.8 Å². The molecule has 0 aliphatic carbocycles. The summed E-state index contributed by atoms with van der Waals surface area (Å²) in [4.78, 5) is 12.4. The Hall–Kier alpha value is -2.05. The summed E-state index contributed by atoms with van der Waals surface area (Å²) in [5, 5.41) is 7.28. The predicted molar refractivity (Wildman–Crippen MR) is 98.1 cm³/mol. The topological polar surface area (TPSA) is 82.2 Å². The number of nitrogens with one attached hydrogen (secondary N) is 1. The van der Waals surface area contributed by atoms with Gasteiger partial charge in [-0.05, 0) is 30.3 Å². The zero-order valence-corrected chi connectivity index (χ0v) is 15.3. The summed E-state index contributed by atoms with van der Waals surface area (Å²) < 4.78 is 7.01. The van der Waals surface area contributed by atoms with E-state index in [0.29, 0.717) is 24.5 Å². The highest BCUT2D eigenvalue weighted by atomic mass is 35.5. The number of anilines is 1. The van der Waals surface area contributed by atoms with Gasteiger partial charge in [-0.25, -0.2) is 0 Å². The van der Waals surface area contributed by atoms with E-state index in [1.54, 1.807) is 36.0 Å². The average molecular weight is 353 g/mol. The monoisotopic (exact) mass is 352 g/mol. The molecule has 0 spiro atoms. The van der Waals surface area contributed by atoms with E-state index in [1.165, 1.54) is 0 Å². The van der Waals surface area contributed by atoms with Crippen LogP contribution in [-0.4, -0.2) is 28.8 Å². The molecule has 0 aliphatic rings. The summed E-state index contributed by atoms with van der Waals surface area (Å²) in [6.45, 7) is 7.14. The van der Waals surface area contributed by atoms with Crippen LogP contribution in [0.3, 0.4) is 0 Å². The van der Waals surface area contributed by atoms with Crippen molar-refractivity contribution in [3.63, 3.8) is 0 Å². The molecule has 1 aromatic heterocycles. The van der Waals surface area contributed by atoms with Crippen molar-refractivity contribution < 1.29 is 9.53 Å².